The Bertz CT molecular complexity index is 746. The van der Waals surface area contributed by atoms with Crippen LogP contribution in [0.5, 0.6) is 0 Å². The topological polar surface area (TPSA) is 75.4 Å². The second-order valence-corrected chi connectivity index (χ2v) is 5.91. The maximum Gasteiger partial charge on any atom is 0.248 e. The predicted octanol–water partition coefficient (Wildman–Crippen LogP) is 2.66. The number of carbonyl (C=O) groups is 2. The predicted molar refractivity (Wildman–Crippen MR) is 90.8 cm³/mol. The van der Waals surface area contributed by atoms with Crippen molar-refractivity contribution in [3.63, 3.8) is 0 Å². The van der Waals surface area contributed by atoms with E-state index in [-0.39, 0.29) is 11.9 Å². The fourth-order valence-electron chi connectivity index (χ4n) is 2.66. The molecule has 2 amide bonds. The molecule has 5 nitrogen and oxygen atoms in total. The number of nitrogens with one attached hydrogen (secondary N) is 1. The third-order valence-corrected chi connectivity index (χ3v) is 4.02. The van der Waals surface area contributed by atoms with Gasteiger partial charge in [-0.25, -0.2) is 0 Å². The minimum Gasteiger partial charge on any atom is -0.380 e. The van der Waals surface area contributed by atoms with Crippen LogP contribution < -0.4 is 16.0 Å². The minimum absolute atomic E-state index is 0.000842. The smallest absolute Gasteiger partial charge is 0.248 e. The highest BCUT2D eigenvalue weighted by Crippen LogP contribution is 2.26. The number of nitrogens with two attached hydrogens (primary N) is 1. The van der Waals surface area contributed by atoms with E-state index in [0.29, 0.717) is 23.6 Å². The molecule has 23 heavy (non-hydrogen) atoms. The number of hydrogen-bond donors (Lipinski definition) is 2. The molecule has 6 heteroatoms. The summed E-state index contributed by atoms with van der Waals surface area (Å²) < 4.78 is 0. The number of anilines is 2. The summed E-state index contributed by atoms with van der Waals surface area (Å²) in [5.41, 5.74) is 7.33. The van der Waals surface area contributed by atoms with Gasteiger partial charge < -0.3 is 16.0 Å². The lowest BCUT2D eigenvalue weighted by molar-refractivity contribution is -0.117. The molecule has 0 aromatic heterocycles. The van der Waals surface area contributed by atoms with Crippen LogP contribution in [0.3, 0.4) is 0 Å². The summed E-state index contributed by atoms with van der Waals surface area (Å²) in [5, 5.41) is 3.91. The maximum atomic E-state index is 12.2. The third kappa shape index (κ3) is 3.46. The summed E-state index contributed by atoms with van der Waals surface area (Å²) >= 11 is 5.99. The molecule has 1 heterocycles. The van der Waals surface area contributed by atoms with Crippen molar-refractivity contribution in [3.05, 3.63) is 59.1 Å². The van der Waals surface area contributed by atoms with Gasteiger partial charge >= 0.3 is 0 Å². The molecule has 2 aromatic carbocycles. The van der Waals surface area contributed by atoms with E-state index in [1.807, 2.05) is 12.1 Å². The Morgan fingerprint density at radius 2 is 1.96 bits per heavy atom. The van der Waals surface area contributed by atoms with Gasteiger partial charge in [0.05, 0.1) is 6.04 Å². The molecule has 118 valence electrons. The van der Waals surface area contributed by atoms with E-state index in [2.05, 4.69) is 5.32 Å². The van der Waals surface area contributed by atoms with Crippen LogP contribution >= 0.6 is 11.6 Å². The van der Waals surface area contributed by atoms with E-state index in [1.54, 1.807) is 41.3 Å². The van der Waals surface area contributed by atoms with Gasteiger partial charge in [-0.15, -0.1) is 0 Å². The van der Waals surface area contributed by atoms with Gasteiger partial charge in [0.1, 0.15) is 0 Å². The first-order valence-corrected chi connectivity index (χ1v) is 7.63. The van der Waals surface area contributed by atoms with Gasteiger partial charge in [-0.2, -0.15) is 0 Å². The van der Waals surface area contributed by atoms with Crippen LogP contribution in [0.1, 0.15) is 16.8 Å². The molecule has 0 aliphatic carbocycles. The second kappa shape index (κ2) is 6.30. The number of nitrogens with zero attached hydrogens (tertiary/aromatic N) is 1. The molecule has 0 spiro atoms. The Morgan fingerprint density at radius 1 is 1.22 bits per heavy atom. The van der Waals surface area contributed by atoms with Gasteiger partial charge in [0.25, 0.3) is 0 Å². The summed E-state index contributed by atoms with van der Waals surface area (Å²) in [6.07, 6.45) is 0.407. The van der Waals surface area contributed by atoms with Crippen molar-refractivity contribution >= 4 is 34.8 Å². The lowest BCUT2D eigenvalue weighted by Gasteiger charge is -2.18. The first-order chi connectivity index (χ1) is 11.0. The Labute approximate surface area is 139 Å². The van der Waals surface area contributed by atoms with Crippen molar-refractivity contribution in [2.24, 2.45) is 5.73 Å². The van der Waals surface area contributed by atoms with Crippen LogP contribution in [0.25, 0.3) is 0 Å². The summed E-state index contributed by atoms with van der Waals surface area (Å²) in [4.78, 5) is 25.0. The van der Waals surface area contributed by atoms with Crippen molar-refractivity contribution in [1.29, 1.82) is 0 Å². The Kier molecular flexibility index (Phi) is 4.21. The van der Waals surface area contributed by atoms with E-state index in [4.69, 9.17) is 17.3 Å². The standard InChI is InChI=1S/C17H16ClN3O2/c18-12-2-1-3-15(8-12)21-10-14(9-16(21)22)20-13-6-4-11(5-7-13)17(19)23/h1-8,14,20H,9-10H2,(H2,19,23). The molecule has 1 aliphatic heterocycles. The van der Waals surface area contributed by atoms with Gasteiger partial charge in [0.15, 0.2) is 0 Å². The van der Waals surface area contributed by atoms with Gasteiger partial charge in [0, 0.05) is 34.9 Å². The molecule has 0 radical (unpaired) electrons. The third-order valence-electron chi connectivity index (χ3n) is 3.79. The zero-order chi connectivity index (χ0) is 16.4. The largest absolute Gasteiger partial charge is 0.380 e. The summed E-state index contributed by atoms with van der Waals surface area (Å²) in [7, 11) is 0. The molecule has 1 atom stereocenters. The Balaban J connectivity index is 1.69. The normalized spacial score (nSPS) is 17.3. The monoisotopic (exact) mass is 329 g/mol. The average molecular weight is 330 g/mol. The van der Waals surface area contributed by atoms with E-state index in [0.717, 1.165) is 11.4 Å². The van der Waals surface area contributed by atoms with Gasteiger partial charge in [-0.1, -0.05) is 17.7 Å². The highest BCUT2D eigenvalue weighted by atomic mass is 35.5. The summed E-state index contributed by atoms with van der Waals surface area (Å²) in [5.74, 6) is -0.404. The molecule has 0 bridgehead atoms. The van der Waals surface area contributed by atoms with Crippen molar-refractivity contribution in [2.75, 3.05) is 16.8 Å². The maximum absolute atomic E-state index is 12.2. The lowest BCUT2D eigenvalue weighted by atomic mass is 10.2. The quantitative estimate of drug-likeness (QED) is 0.905. The van der Waals surface area contributed by atoms with E-state index < -0.39 is 5.91 Å². The molecular weight excluding hydrogens is 314 g/mol. The van der Waals surface area contributed by atoms with Crippen molar-refractivity contribution in [1.82, 2.24) is 0 Å². The van der Waals surface area contributed by atoms with Gasteiger partial charge in [-0.05, 0) is 42.5 Å². The number of halogens is 1. The van der Waals surface area contributed by atoms with Crippen LogP contribution in [0.15, 0.2) is 48.5 Å². The first kappa shape index (κ1) is 15.4. The molecule has 3 N–H and O–H groups in total. The highest BCUT2D eigenvalue weighted by molar-refractivity contribution is 6.30. The van der Waals surface area contributed by atoms with Crippen LogP contribution in [0.4, 0.5) is 11.4 Å². The average Bonchev–Trinajstić information content (AvgIpc) is 2.88. The molecule has 1 aliphatic rings. The molecule has 1 unspecified atom stereocenters. The first-order valence-electron chi connectivity index (χ1n) is 7.25. The van der Waals surface area contributed by atoms with E-state index in [9.17, 15) is 9.59 Å². The number of primary amides is 1. The number of hydrogen-bond acceptors (Lipinski definition) is 3. The number of benzene rings is 2. The zero-order valence-electron chi connectivity index (χ0n) is 12.3. The lowest BCUT2D eigenvalue weighted by Crippen LogP contribution is -2.27. The van der Waals surface area contributed by atoms with Crippen molar-refractivity contribution in [2.45, 2.75) is 12.5 Å². The fourth-order valence-corrected chi connectivity index (χ4v) is 2.85. The van der Waals surface area contributed by atoms with E-state index in [1.165, 1.54) is 0 Å². The Morgan fingerprint density at radius 3 is 2.61 bits per heavy atom. The molecular formula is C17H16ClN3O2. The van der Waals surface area contributed by atoms with Crippen molar-refractivity contribution < 1.29 is 9.59 Å². The van der Waals surface area contributed by atoms with Crippen LogP contribution in [0.2, 0.25) is 5.02 Å². The SMILES string of the molecule is NC(=O)c1ccc(NC2CC(=O)N(c3cccc(Cl)c3)C2)cc1. The molecule has 0 saturated carbocycles. The number of rotatable bonds is 4. The number of carbonyl (C=O) groups excluding carboxylic acids is 2. The number of amides is 2. The summed E-state index contributed by atoms with van der Waals surface area (Å²) in [6.45, 7) is 0.566. The molecule has 1 fully saturated rings. The van der Waals surface area contributed by atoms with Crippen LogP contribution in [0, 0.1) is 0 Å². The molecule has 1 saturated heterocycles. The molecule has 3 rings (SSSR count). The van der Waals surface area contributed by atoms with Gasteiger partial charge in [0.2, 0.25) is 11.8 Å². The Hall–Kier alpha value is -2.53. The van der Waals surface area contributed by atoms with Gasteiger partial charge in [-0.3, -0.25) is 9.59 Å². The second-order valence-electron chi connectivity index (χ2n) is 5.47. The van der Waals surface area contributed by atoms with Crippen LogP contribution in [-0.2, 0) is 4.79 Å². The molecule has 2 aromatic rings. The highest BCUT2D eigenvalue weighted by Gasteiger charge is 2.30. The van der Waals surface area contributed by atoms with Crippen LogP contribution in [-0.4, -0.2) is 24.4 Å². The summed E-state index contributed by atoms with van der Waals surface area (Å²) in [6, 6.07) is 14.2. The van der Waals surface area contributed by atoms with E-state index >= 15 is 0 Å². The minimum atomic E-state index is -0.459. The fraction of sp³-hybridized carbons (Fsp3) is 0.176. The van der Waals surface area contributed by atoms with Crippen molar-refractivity contribution in [3.8, 4) is 0 Å². The zero-order valence-corrected chi connectivity index (χ0v) is 13.1.